The summed E-state index contributed by atoms with van der Waals surface area (Å²) in [6.07, 6.45) is -3.76. The van der Waals surface area contributed by atoms with Gasteiger partial charge in [-0.2, -0.15) is 13.2 Å². The summed E-state index contributed by atoms with van der Waals surface area (Å²) in [4.78, 5) is 24.6. The molecule has 1 unspecified atom stereocenters. The third-order valence-electron chi connectivity index (χ3n) is 4.30. The van der Waals surface area contributed by atoms with Crippen molar-refractivity contribution in [2.75, 3.05) is 26.2 Å². The molecule has 1 atom stereocenters. The minimum atomic E-state index is -4.54. The van der Waals surface area contributed by atoms with Crippen LogP contribution < -0.4 is 10.6 Å². The van der Waals surface area contributed by atoms with Crippen molar-refractivity contribution >= 4 is 11.8 Å². The highest BCUT2D eigenvalue weighted by molar-refractivity contribution is 5.84. The fourth-order valence-corrected chi connectivity index (χ4v) is 3.05. The molecule has 2 aliphatic rings. The SMILES string of the molecule is CC(=O)NC1CCN(C(=O)C2(C(F)(F)F)CCNC2)CC1. The molecule has 2 fully saturated rings. The minimum absolute atomic E-state index is 0.0601. The van der Waals surface area contributed by atoms with Crippen molar-refractivity contribution in [2.24, 2.45) is 5.41 Å². The summed E-state index contributed by atoms with van der Waals surface area (Å²) in [7, 11) is 0. The van der Waals surface area contributed by atoms with E-state index >= 15 is 0 Å². The molecule has 0 saturated carbocycles. The van der Waals surface area contributed by atoms with Crippen LogP contribution >= 0.6 is 0 Å². The van der Waals surface area contributed by atoms with Gasteiger partial charge in [0, 0.05) is 32.6 Å². The first kappa shape index (κ1) is 16.1. The molecule has 2 rings (SSSR count). The van der Waals surface area contributed by atoms with Crippen molar-refractivity contribution in [1.29, 1.82) is 0 Å². The number of rotatable bonds is 2. The van der Waals surface area contributed by atoms with Crippen LogP contribution in [0, 0.1) is 5.41 Å². The van der Waals surface area contributed by atoms with Crippen molar-refractivity contribution in [3.63, 3.8) is 0 Å². The second-order valence-corrected chi connectivity index (χ2v) is 5.77. The number of nitrogens with zero attached hydrogens (tertiary/aromatic N) is 1. The molecule has 0 bridgehead atoms. The zero-order chi connectivity index (χ0) is 15.7. The van der Waals surface area contributed by atoms with Crippen molar-refractivity contribution in [3.8, 4) is 0 Å². The summed E-state index contributed by atoms with van der Waals surface area (Å²) in [5.74, 6) is -0.993. The predicted octanol–water partition coefficient (Wildman–Crippen LogP) is 0.655. The average molecular weight is 307 g/mol. The Morgan fingerprint density at radius 3 is 2.33 bits per heavy atom. The van der Waals surface area contributed by atoms with E-state index in [1.54, 1.807) is 0 Å². The minimum Gasteiger partial charge on any atom is -0.353 e. The van der Waals surface area contributed by atoms with Crippen LogP contribution in [-0.4, -0.2) is 55.1 Å². The molecule has 5 nitrogen and oxygen atoms in total. The predicted molar refractivity (Wildman–Crippen MR) is 69.4 cm³/mol. The van der Waals surface area contributed by atoms with Gasteiger partial charge in [0.1, 0.15) is 0 Å². The molecule has 2 amide bonds. The lowest BCUT2D eigenvalue weighted by molar-refractivity contribution is -0.222. The molecule has 0 aromatic carbocycles. The Balaban J connectivity index is 2.02. The number of amides is 2. The van der Waals surface area contributed by atoms with Crippen LogP contribution in [0.25, 0.3) is 0 Å². The van der Waals surface area contributed by atoms with Gasteiger partial charge in [-0.1, -0.05) is 0 Å². The van der Waals surface area contributed by atoms with Gasteiger partial charge < -0.3 is 15.5 Å². The highest BCUT2D eigenvalue weighted by atomic mass is 19.4. The zero-order valence-corrected chi connectivity index (χ0v) is 11.9. The van der Waals surface area contributed by atoms with E-state index in [0.717, 1.165) is 0 Å². The van der Waals surface area contributed by atoms with Gasteiger partial charge in [-0.15, -0.1) is 0 Å². The maximum absolute atomic E-state index is 13.3. The van der Waals surface area contributed by atoms with Gasteiger partial charge in [0.25, 0.3) is 0 Å². The number of halogens is 3. The zero-order valence-electron chi connectivity index (χ0n) is 11.9. The molecule has 2 saturated heterocycles. The number of carbonyl (C=O) groups is 2. The van der Waals surface area contributed by atoms with Crippen LogP contribution in [-0.2, 0) is 9.59 Å². The third-order valence-corrected chi connectivity index (χ3v) is 4.30. The van der Waals surface area contributed by atoms with Gasteiger partial charge in [0.05, 0.1) is 0 Å². The Kier molecular flexibility index (Phi) is 4.46. The van der Waals surface area contributed by atoms with Gasteiger partial charge in [-0.25, -0.2) is 0 Å². The molecule has 2 aliphatic heterocycles. The molecule has 0 aromatic heterocycles. The van der Waals surface area contributed by atoms with Crippen molar-refractivity contribution < 1.29 is 22.8 Å². The van der Waals surface area contributed by atoms with Crippen LogP contribution in [0.2, 0.25) is 0 Å². The molecular weight excluding hydrogens is 287 g/mol. The van der Waals surface area contributed by atoms with Crippen LogP contribution in [0.3, 0.4) is 0 Å². The van der Waals surface area contributed by atoms with Crippen LogP contribution in [0.15, 0.2) is 0 Å². The highest BCUT2D eigenvalue weighted by Crippen LogP contribution is 2.44. The maximum atomic E-state index is 13.3. The first-order valence-electron chi connectivity index (χ1n) is 7.10. The third kappa shape index (κ3) is 3.14. The number of alkyl halides is 3. The molecule has 8 heteroatoms. The second-order valence-electron chi connectivity index (χ2n) is 5.77. The summed E-state index contributed by atoms with van der Waals surface area (Å²) < 4.78 is 40.0. The van der Waals surface area contributed by atoms with Crippen LogP contribution in [0.5, 0.6) is 0 Å². The van der Waals surface area contributed by atoms with Crippen molar-refractivity contribution in [1.82, 2.24) is 15.5 Å². The molecule has 120 valence electrons. The lowest BCUT2D eigenvalue weighted by atomic mass is 9.84. The average Bonchev–Trinajstić information content (AvgIpc) is 2.88. The van der Waals surface area contributed by atoms with E-state index in [4.69, 9.17) is 0 Å². The summed E-state index contributed by atoms with van der Waals surface area (Å²) in [5, 5.41) is 5.39. The molecule has 2 heterocycles. The molecule has 21 heavy (non-hydrogen) atoms. The fourth-order valence-electron chi connectivity index (χ4n) is 3.05. The fraction of sp³-hybridized carbons (Fsp3) is 0.846. The van der Waals surface area contributed by atoms with E-state index in [9.17, 15) is 22.8 Å². The Morgan fingerprint density at radius 1 is 1.29 bits per heavy atom. The molecule has 2 N–H and O–H groups in total. The maximum Gasteiger partial charge on any atom is 0.404 e. The molecule has 0 radical (unpaired) electrons. The number of carbonyl (C=O) groups excluding carboxylic acids is 2. The van der Waals surface area contributed by atoms with E-state index in [1.165, 1.54) is 11.8 Å². The van der Waals surface area contributed by atoms with E-state index in [2.05, 4.69) is 10.6 Å². The number of nitrogens with one attached hydrogen (secondary N) is 2. The topological polar surface area (TPSA) is 61.4 Å². The molecule has 0 aromatic rings. The number of hydrogen-bond acceptors (Lipinski definition) is 3. The Morgan fingerprint density at radius 2 is 1.90 bits per heavy atom. The first-order chi connectivity index (χ1) is 9.76. The second kappa shape index (κ2) is 5.82. The monoisotopic (exact) mass is 307 g/mol. The van der Waals surface area contributed by atoms with E-state index in [0.29, 0.717) is 12.8 Å². The first-order valence-corrected chi connectivity index (χ1v) is 7.10. The van der Waals surface area contributed by atoms with Gasteiger partial charge >= 0.3 is 6.18 Å². The standard InChI is InChI=1S/C13H20F3N3O2/c1-9(20)18-10-2-6-19(7-3-10)11(21)12(13(14,15)16)4-5-17-8-12/h10,17H,2-8H2,1H3,(H,18,20). The number of piperidine rings is 1. The largest absolute Gasteiger partial charge is 0.404 e. The number of likely N-dealkylation sites (tertiary alicyclic amines) is 1. The molecule has 0 aliphatic carbocycles. The summed E-state index contributed by atoms with van der Waals surface area (Å²) >= 11 is 0. The van der Waals surface area contributed by atoms with Gasteiger partial charge in [-0.05, 0) is 25.8 Å². The Labute approximate surface area is 121 Å². The summed E-state index contributed by atoms with van der Waals surface area (Å²) in [6, 6.07) is -0.0601. The van der Waals surface area contributed by atoms with E-state index < -0.39 is 17.5 Å². The van der Waals surface area contributed by atoms with Crippen molar-refractivity contribution in [2.45, 2.75) is 38.4 Å². The highest BCUT2D eigenvalue weighted by Gasteiger charge is 2.62. The van der Waals surface area contributed by atoms with Crippen LogP contribution in [0.4, 0.5) is 13.2 Å². The van der Waals surface area contributed by atoms with Gasteiger partial charge in [0.15, 0.2) is 5.41 Å². The van der Waals surface area contributed by atoms with E-state index in [-0.39, 0.29) is 44.5 Å². The quantitative estimate of drug-likeness (QED) is 0.788. The number of hydrogen-bond donors (Lipinski definition) is 2. The molecule has 0 spiro atoms. The smallest absolute Gasteiger partial charge is 0.353 e. The van der Waals surface area contributed by atoms with Crippen LogP contribution in [0.1, 0.15) is 26.2 Å². The van der Waals surface area contributed by atoms with Crippen molar-refractivity contribution in [3.05, 3.63) is 0 Å². The van der Waals surface area contributed by atoms with Gasteiger partial charge in [0.2, 0.25) is 11.8 Å². The van der Waals surface area contributed by atoms with Gasteiger partial charge in [-0.3, -0.25) is 9.59 Å². The Bertz CT molecular complexity index is 411. The molecular formula is C13H20F3N3O2. The van der Waals surface area contributed by atoms with E-state index in [1.807, 2.05) is 0 Å². The lowest BCUT2D eigenvalue weighted by Gasteiger charge is -2.39. The summed E-state index contributed by atoms with van der Waals surface area (Å²) in [6.45, 7) is 1.76. The lowest BCUT2D eigenvalue weighted by Crippen LogP contribution is -2.56. The normalized spacial score (nSPS) is 27.7. The Hall–Kier alpha value is -1.31. The summed E-state index contributed by atoms with van der Waals surface area (Å²) in [5.41, 5.74) is -2.28.